The van der Waals surface area contributed by atoms with E-state index in [2.05, 4.69) is 10.3 Å². The van der Waals surface area contributed by atoms with E-state index in [1.54, 1.807) is 42.5 Å². The van der Waals surface area contributed by atoms with Gasteiger partial charge in [0.2, 0.25) is 0 Å². The van der Waals surface area contributed by atoms with Crippen LogP contribution in [0.5, 0.6) is 11.5 Å². The molecular weight excluding hydrogens is 474 g/mol. The molecule has 37 heavy (non-hydrogen) atoms. The Morgan fingerprint density at radius 2 is 1.70 bits per heavy atom. The molecule has 0 bridgehead atoms. The number of rotatable bonds is 11. The lowest BCUT2D eigenvalue weighted by molar-refractivity contribution is -0.138. The van der Waals surface area contributed by atoms with Crippen LogP contribution in [-0.2, 0) is 16.1 Å². The zero-order valence-corrected chi connectivity index (χ0v) is 21.0. The molecule has 1 atom stereocenters. The number of ether oxygens (including phenoxy) is 3. The molecule has 9 heteroatoms. The summed E-state index contributed by atoms with van der Waals surface area (Å²) in [5, 5.41) is 12.9. The molecule has 4 N–H and O–H groups in total. The molecule has 0 saturated heterocycles. The number of benzene rings is 3. The summed E-state index contributed by atoms with van der Waals surface area (Å²) in [5.74, 6) is -0.0563. The fourth-order valence-electron chi connectivity index (χ4n) is 3.43. The van der Waals surface area contributed by atoms with Crippen molar-refractivity contribution in [3.8, 4) is 11.5 Å². The number of carboxylic acids is 1. The summed E-state index contributed by atoms with van der Waals surface area (Å²) in [7, 11) is 0. The average Bonchev–Trinajstić information content (AvgIpc) is 2.88. The standard InChI is InChI=1S/C28H31N3O6/c1-4-35-24-16-21(12-15-23(24)37-18(2)3)25(27(32)33)30-22-13-10-20(11-14-22)26(29)31-28(34)36-17-19-8-6-5-7-9-19/h5-16,18,25,30H,4,17H2,1-3H3,(H,32,33)(H2,29,31,34)/t25-/m1/s1. The van der Waals surface area contributed by atoms with Gasteiger partial charge in [0, 0.05) is 11.3 Å². The Morgan fingerprint density at radius 3 is 2.32 bits per heavy atom. The third-order valence-electron chi connectivity index (χ3n) is 5.12. The number of anilines is 1. The van der Waals surface area contributed by atoms with Crippen LogP contribution in [0.4, 0.5) is 10.5 Å². The fourth-order valence-corrected chi connectivity index (χ4v) is 3.43. The van der Waals surface area contributed by atoms with Gasteiger partial charge >= 0.3 is 12.1 Å². The van der Waals surface area contributed by atoms with E-state index in [1.165, 1.54) is 0 Å². The second-order valence-corrected chi connectivity index (χ2v) is 8.34. The first-order chi connectivity index (χ1) is 17.8. The molecule has 0 heterocycles. The molecule has 0 radical (unpaired) electrons. The maximum Gasteiger partial charge on any atom is 0.435 e. The van der Waals surface area contributed by atoms with Crippen LogP contribution in [0.25, 0.3) is 0 Å². The van der Waals surface area contributed by atoms with Crippen molar-refractivity contribution in [2.24, 2.45) is 10.7 Å². The Hall–Kier alpha value is -4.53. The van der Waals surface area contributed by atoms with Gasteiger partial charge in [0.15, 0.2) is 17.5 Å². The predicted molar refractivity (Wildman–Crippen MR) is 141 cm³/mol. The molecule has 3 aromatic carbocycles. The molecule has 0 fully saturated rings. The summed E-state index contributed by atoms with van der Waals surface area (Å²) in [5.41, 5.74) is 8.32. The molecule has 0 aliphatic carbocycles. The largest absolute Gasteiger partial charge is 0.490 e. The van der Waals surface area contributed by atoms with E-state index in [9.17, 15) is 14.7 Å². The van der Waals surface area contributed by atoms with Crippen molar-refractivity contribution in [2.75, 3.05) is 11.9 Å². The summed E-state index contributed by atoms with van der Waals surface area (Å²) in [6, 6.07) is 19.8. The van der Waals surface area contributed by atoms with E-state index in [1.807, 2.05) is 51.1 Å². The minimum Gasteiger partial charge on any atom is -0.490 e. The van der Waals surface area contributed by atoms with Crippen LogP contribution >= 0.6 is 0 Å². The molecule has 0 unspecified atom stereocenters. The quantitative estimate of drug-likeness (QED) is 0.241. The molecule has 9 nitrogen and oxygen atoms in total. The van der Waals surface area contributed by atoms with Gasteiger partial charge in [-0.3, -0.25) is 0 Å². The van der Waals surface area contributed by atoms with Gasteiger partial charge in [-0.2, -0.15) is 4.99 Å². The van der Waals surface area contributed by atoms with Crippen LogP contribution in [0.3, 0.4) is 0 Å². The molecule has 3 aromatic rings. The number of nitrogens with one attached hydrogen (secondary N) is 1. The van der Waals surface area contributed by atoms with Crippen LogP contribution in [0.15, 0.2) is 77.8 Å². The first-order valence-electron chi connectivity index (χ1n) is 11.8. The number of nitrogens with zero attached hydrogens (tertiary/aromatic N) is 1. The van der Waals surface area contributed by atoms with Gasteiger partial charge in [0.1, 0.15) is 12.4 Å². The second kappa shape index (κ2) is 13.0. The summed E-state index contributed by atoms with van der Waals surface area (Å²) in [6.07, 6.45) is -0.858. The number of aliphatic carboxylic acids is 1. The number of aliphatic imine (C=N–C) groups is 1. The Bertz CT molecular complexity index is 1230. The number of nitrogens with two attached hydrogens (primary N) is 1. The van der Waals surface area contributed by atoms with Gasteiger partial charge in [0.05, 0.1) is 12.7 Å². The molecule has 0 spiro atoms. The number of hydrogen-bond donors (Lipinski definition) is 3. The van der Waals surface area contributed by atoms with Crippen LogP contribution < -0.4 is 20.5 Å². The number of carbonyl (C=O) groups excluding carboxylic acids is 1. The van der Waals surface area contributed by atoms with Gasteiger partial charge in [-0.25, -0.2) is 9.59 Å². The summed E-state index contributed by atoms with van der Waals surface area (Å²) in [6.45, 7) is 6.15. The van der Waals surface area contributed by atoms with E-state index in [0.29, 0.717) is 34.9 Å². The average molecular weight is 506 g/mol. The van der Waals surface area contributed by atoms with Crippen molar-refractivity contribution in [1.82, 2.24) is 0 Å². The number of carboxylic acid groups (broad SMARTS) is 1. The van der Waals surface area contributed by atoms with Crippen LogP contribution in [-0.4, -0.2) is 35.7 Å². The Labute approximate surface area is 215 Å². The van der Waals surface area contributed by atoms with Gasteiger partial charge in [-0.15, -0.1) is 0 Å². The van der Waals surface area contributed by atoms with E-state index in [4.69, 9.17) is 19.9 Å². The topological polar surface area (TPSA) is 132 Å². The van der Waals surface area contributed by atoms with Crippen molar-refractivity contribution >= 4 is 23.6 Å². The molecule has 194 valence electrons. The Morgan fingerprint density at radius 1 is 1.00 bits per heavy atom. The van der Waals surface area contributed by atoms with Crippen LogP contribution in [0, 0.1) is 0 Å². The monoisotopic (exact) mass is 505 g/mol. The Kier molecular flexibility index (Phi) is 9.48. The van der Waals surface area contributed by atoms with Crippen molar-refractivity contribution in [1.29, 1.82) is 0 Å². The highest BCUT2D eigenvalue weighted by Crippen LogP contribution is 2.32. The van der Waals surface area contributed by atoms with E-state index in [0.717, 1.165) is 5.56 Å². The van der Waals surface area contributed by atoms with Crippen molar-refractivity contribution < 1.29 is 28.9 Å². The third kappa shape index (κ3) is 7.99. The molecular formula is C28H31N3O6. The molecule has 0 saturated carbocycles. The lowest BCUT2D eigenvalue weighted by Crippen LogP contribution is -2.21. The minimum absolute atomic E-state index is 0.0125. The van der Waals surface area contributed by atoms with Gasteiger partial charge in [-0.05, 0) is 68.3 Å². The third-order valence-corrected chi connectivity index (χ3v) is 5.12. The van der Waals surface area contributed by atoms with Crippen molar-refractivity contribution in [3.63, 3.8) is 0 Å². The second-order valence-electron chi connectivity index (χ2n) is 8.34. The molecule has 3 rings (SSSR count). The lowest BCUT2D eigenvalue weighted by Gasteiger charge is -2.20. The molecule has 0 aliphatic rings. The Balaban J connectivity index is 1.70. The summed E-state index contributed by atoms with van der Waals surface area (Å²) >= 11 is 0. The zero-order chi connectivity index (χ0) is 26.8. The predicted octanol–water partition coefficient (Wildman–Crippen LogP) is 5.15. The normalized spacial score (nSPS) is 12.1. The molecule has 1 amide bonds. The minimum atomic E-state index is -1.06. The van der Waals surface area contributed by atoms with Crippen LogP contribution in [0.2, 0.25) is 0 Å². The van der Waals surface area contributed by atoms with Crippen LogP contribution in [0.1, 0.15) is 43.5 Å². The highest BCUT2D eigenvalue weighted by atomic mass is 16.5. The zero-order valence-electron chi connectivity index (χ0n) is 21.0. The van der Waals surface area contributed by atoms with Crippen molar-refractivity contribution in [2.45, 2.75) is 39.5 Å². The van der Waals surface area contributed by atoms with Gasteiger partial charge in [-0.1, -0.05) is 36.4 Å². The number of carbonyl (C=O) groups is 2. The maximum absolute atomic E-state index is 12.1. The maximum atomic E-state index is 12.1. The van der Waals surface area contributed by atoms with E-state index >= 15 is 0 Å². The number of amidine groups is 1. The smallest absolute Gasteiger partial charge is 0.435 e. The van der Waals surface area contributed by atoms with Gasteiger partial charge in [0.25, 0.3) is 0 Å². The SMILES string of the molecule is CCOc1cc([C@@H](Nc2ccc(C(N)=NC(=O)OCc3ccccc3)cc2)C(=O)O)ccc1OC(C)C. The van der Waals surface area contributed by atoms with Crippen molar-refractivity contribution in [3.05, 3.63) is 89.5 Å². The van der Waals surface area contributed by atoms with E-state index in [-0.39, 0.29) is 18.5 Å². The number of amides is 1. The molecule has 0 aliphatic heterocycles. The first kappa shape index (κ1) is 27.1. The molecule has 0 aromatic heterocycles. The first-order valence-corrected chi connectivity index (χ1v) is 11.8. The summed E-state index contributed by atoms with van der Waals surface area (Å²) in [4.78, 5) is 27.9. The highest BCUT2D eigenvalue weighted by Gasteiger charge is 2.22. The highest BCUT2D eigenvalue weighted by molar-refractivity contribution is 6.03. The lowest BCUT2D eigenvalue weighted by atomic mass is 10.1. The number of hydrogen-bond acceptors (Lipinski definition) is 6. The fraction of sp³-hybridized carbons (Fsp3) is 0.250. The summed E-state index contributed by atoms with van der Waals surface area (Å²) < 4.78 is 16.6. The van der Waals surface area contributed by atoms with E-state index < -0.39 is 18.1 Å². The van der Waals surface area contributed by atoms with Gasteiger partial charge < -0.3 is 30.4 Å².